The van der Waals surface area contributed by atoms with E-state index in [2.05, 4.69) is 15.1 Å². The highest BCUT2D eigenvalue weighted by Crippen LogP contribution is 2.30. The molecule has 1 fully saturated rings. The largest absolute Gasteiger partial charge is 0.345 e. The molecule has 3 aromatic rings. The summed E-state index contributed by atoms with van der Waals surface area (Å²) in [6.07, 6.45) is 3.99. The predicted molar refractivity (Wildman–Crippen MR) is 92.5 cm³/mol. The monoisotopic (exact) mass is 336 g/mol. The van der Waals surface area contributed by atoms with E-state index in [0.717, 1.165) is 28.6 Å². The van der Waals surface area contributed by atoms with Crippen LogP contribution in [0.4, 0.5) is 0 Å². The van der Waals surface area contributed by atoms with Crippen LogP contribution in [0.3, 0.4) is 0 Å². The third-order valence-electron chi connectivity index (χ3n) is 4.65. The van der Waals surface area contributed by atoms with Gasteiger partial charge in [0, 0.05) is 44.0 Å². The molecule has 1 unspecified atom stereocenters. The standard InChI is InChI=1S/C18H20N6O/c1-12-17(15-6-8-20-23(15)2)22-18(21-12)13-9-16(25)24(10-13)11-14-5-3-4-7-19-14/h3-8,13H,9-11H2,1-2H3,(H,21,22). The average molecular weight is 336 g/mol. The number of hydrogen-bond donors (Lipinski definition) is 1. The molecular formula is C18H20N6O. The van der Waals surface area contributed by atoms with Crippen molar-refractivity contribution in [2.45, 2.75) is 25.8 Å². The Morgan fingerprint density at radius 2 is 2.16 bits per heavy atom. The fourth-order valence-electron chi connectivity index (χ4n) is 3.33. The van der Waals surface area contributed by atoms with Crippen molar-refractivity contribution in [2.24, 2.45) is 7.05 Å². The van der Waals surface area contributed by atoms with Gasteiger partial charge in [0.25, 0.3) is 0 Å². The van der Waals surface area contributed by atoms with Crippen LogP contribution in [-0.2, 0) is 18.4 Å². The Morgan fingerprint density at radius 3 is 2.88 bits per heavy atom. The van der Waals surface area contributed by atoms with Gasteiger partial charge in [-0.2, -0.15) is 5.10 Å². The summed E-state index contributed by atoms with van der Waals surface area (Å²) in [7, 11) is 1.90. The minimum Gasteiger partial charge on any atom is -0.345 e. The lowest BCUT2D eigenvalue weighted by Crippen LogP contribution is -2.24. The molecule has 0 radical (unpaired) electrons. The van der Waals surface area contributed by atoms with Gasteiger partial charge in [0.1, 0.15) is 11.5 Å². The van der Waals surface area contributed by atoms with Crippen LogP contribution < -0.4 is 0 Å². The number of likely N-dealkylation sites (tertiary alicyclic amines) is 1. The molecule has 4 rings (SSSR count). The summed E-state index contributed by atoms with van der Waals surface area (Å²) in [4.78, 5) is 26.7. The van der Waals surface area contributed by atoms with Gasteiger partial charge in [0.15, 0.2) is 0 Å². The zero-order valence-corrected chi connectivity index (χ0v) is 14.3. The summed E-state index contributed by atoms with van der Waals surface area (Å²) in [5, 5.41) is 4.21. The number of imidazole rings is 1. The van der Waals surface area contributed by atoms with Crippen molar-refractivity contribution in [3.8, 4) is 11.4 Å². The van der Waals surface area contributed by atoms with Crippen molar-refractivity contribution in [2.75, 3.05) is 6.54 Å². The second kappa shape index (κ2) is 6.16. The number of carbonyl (C=O) groups excluding carboxylic acids is 1. The van der Waals surface area contributed by atoms with E-state index in [1.54, 1.807) is 17.1 Å². The van der Waals surface area contributed by atoms with Gasteiger partial charge >= 0.3 is 0 Å². The van der Waals surface area contributed by atoms with Crippen LogP contribution in [0.5, 0.6) is 0 Å². The smallest absolute Gasteiger partial charge is 0.223 e. The van der Waals surface area contributed by atoms with Crippen LogP contribution in [-0.4, -0.2) is 42.1 Å². The van der Waals surface area contributed by atoms with Crippen LogP contribution >= 0.6 is 0 Å². The highest BCUT2D eigenvalue weighted by molar-refractivity contribution is 5.79. The maximum Gasteiger partial charge on any atom is 0.223 e. The first-order chi connectivity index (χ1) is 12.1. The highest BCUT2D eigenvalue weighted by atomic mass is 16.2. The number of nitrogens with zero attached hydrogens (tertiary/aromatic N) is 5. The molecule has 0 saturated carbocycles. The van der Waals surface area contributed by atoms with E-state index >= 15 is 0 Å². The van der Waals surface area contributed by atoms with Crippen LogP contribution in [0.25, 0.3) is 11.4 Å². The number of nitrogens with one attached hydrogen (secondary N) is 1. The maximum absolute atomic E-state index is 12.4. The van der Waals surface area contributed by atoms with Gasteiger partial charge in [-0.05, 0) is 25.1 Å². The molecule has 1 aliphatic heterocycles. The molecule has 1 aliphatic rings. The summed E-state index contributed by atoms with van der Waals surface area (Å²) in [6, 6.07) is 7.71. The molecular weight excluding hydrogens is 316 g/mol. The van der Waals surface area contributed by atoms with Crippen LogP contribution in [0.1, 0.15) is 29.6 Å². The third kappa shape index (κ3) is 2.93. The van der Waals surface area contributed by atoms with Gasteiger partial charge < -0.3 is 9.88 Å². The van der Waals surface area contributed by atoms with E-state index in [4.69, 9.17) is 4.98 Å². The molecule has 25 heavy (non-hydrogen) atoms. The number of amides is 1. The second-order valence-electron chi connectivity index (χ2n) is 6.43. The van der Waals surface area contributed by atoms with Gasteiger partial charge in [0.2, 0.25) is 5.91 Å². The molecule has 7 nitrogen and oxygen atoms in total. The van der Waals surface area contributed by atoms with E-state index in [1.807, 2.05) is 43.1 Å². The van der Waals surface area contributed by atoms with Crippen molar-refractivity contribution in [1.29, 1.82) is 0 Å². The first kappa shape index (κ1) is 15.6. The highest BCUT2D eigenvalue weighted by Gasteiger charge is 2.33. The molecule has 0 aromatic carbocycles. The van der Waals surface area contributed by atoms with Crippen molar-refractivity contribution in [3.63, 3.8) is 0 Å². The van der Waals surface area contributed by atoms with Gasteiger partial charge in [-0.3, -0.25) is 14.5 Å². The first-order valence-corrected chi connectivity index (χ1v) is 8.34. The summed E-state index contributed by atoms with van der Waals surface area (Å²) >= 11 is 0. The number of carbonyl (C=O) groups is 1. The Kier molecular flexibility index (Phi) is 3.83. The summed E-state index contributed by atoms with van der Waals surface area (Å²) < 4.78 is 1.81. The lowest BCUT2D eigenvalue weighted by Gasteiger charge is -2.15. The molecule has 0 spiro atoms. The molecule has 1 saturated heterocycles. The Labute approximate surface area is 145 Å². The molecule has 4 heterocycles. The normalized spacial score (nSPS) is 17.4. The lowest BCUT2D eigenvalue weighted by atomic mass is 10.1. The van der Waals surface area contributed by atoms with E-state index in [0.29, 0.717) is 19.5 Å². The molecule has 1 N–H and O–H groups in total. The number of aromatic amines is 1. The fraction of sp³-hybridized carbons (Fsp3) is 0.333. The quantitative estimate of drug-likeness (QED) is 0.790. The Morgan fingerprint density at radius 1 is 1.28 bits per heavy atom. The maximum atomic E-state index is 12.4. The van der Waals surface area contributed by atoms with Crippen LogP contribution in [0.2, 0.25) is 0 Å². The van der Waals surface area contributed by atoms with Crippen molar-refractivity contribution in [3.05, 3.63) is 53.9 Å². The van der Waals surface area contributed by atoms with E-state index in [9.17, 15) is 4.79 Å². The van der Waals surface area contributed by atoms with Crippen LogP contribution in [0, 0.1) is 6.92 Å². The molecule has 7 heteroatoms. The molecule has 128 valence electrons. The summed E-state index contributed by atoms with van der Waals surface area (Å²) in [6.45, 7) is 3.21. The fourth-order valence-corrected chi connectivity index (χ4v) is 3.33. The minimum atomic E-state index is 0.0805. The van der Waals surface area contributed by atoms with Gasteiger partial charge in [0.05, 0.1) is 17.9 Å². The van der Waals surface area contributed by atoms with E-state index in [-0.39, 0.29) is 11.8 Å². The minimum absolute atomic E-state index is 0.0805. The SMILES string of the molecule is Cc1[nH]c(C2CC(=O)N(Cc3ccccn3)C2)nc1-c1ccnn1C. The average Bonchev–Trinajstić information content (AvgIpc) is 3.28. The molecule has 3 aromatic heterocycles. The predicted octanol–water partition coefficient (Wildman–Crippen LogP) is 2.03. The lowest BCUT2D eigenvalue weighted by molar-refractivity contribution is -0.128. The molecule has 0 bridgehead atoms. The number of H-pyrrole nitrogens is 1. The number of hydrogen-bond acceptors (Lipinski definition) is 4. The van der Waals surface area contributed by atoms with E-state index < -0.39 is 0 Å². The van der Waals surface area contributed by atoms with Crippen molar-refractivity contribution >= 4 is 5.91 Å². The van der Waals surface area contributed by atoms with Gasteiger partial charge in [-0.15, -0.1) is 0 Å². The van der Waals surface area contributed by atoms with Gasteiger partial charge in [-0.25, -0.2) is 4.98 Å². The van der Waals surface area contributed by atoms with Crippen molar-refractivity contribution < 1.29 is 4.79 Å². The Balaban J connectivity index is 1.54. The molecule has 0 aliphatic carbocycles. The Hall–Kier alpha value is -2.96. The second-order valence-corrected chi connectivity index (χ2v) is 6.43. The van der Waals surface area contributed by atoms with Crippen LogP contribution in [0.15, 0.2) is 36.7 Å². The number of rotatable bonds is 4. The number of aryl methyl sites for hydroxylation is 2. The molecule has 1 atom stereocenters. The van der Waals surface area contributed by atoms with Crippen molar-refractivity contribution in [1.82, 2.24) is 29.6 Å². The summed E-state index contributed by atoms with van der Waals surface area (Å²) in [5.74, 6) is 1.09. The van der Waals surface area contributed by atoms with Gasteiger partial charge in [-0.1, -0.05) is 6.07 Å². The first-order valence-electron chi connectivity index (χ1n) is 8.34. The Bertz CT molecular complexity index is 897. The number of aromatic nitrogens is 5. The topological polar surface area (TPSA) is 79.7 Å². The third-order valence-corrected chi connectivity index (χ3v) is 4.65. The zero-order chi connectivity index (χ0) is 17.4. The number of pyridine rings is 1. The molecule has 1 amide bonds. The van der Waals surface area contributed by atoms with E-state index in [1.165, 1.54) is 0 Å². The zero-order valence-electron chi connectivity index (χ0n) is 14.3. The summed E-state index contributed by atoms with van der Waals surface area (Å²) in [5.41, 5.74) is 3.76.